The molecule has 0 saturated heterocycles. The van der Waals surface area contributed by atoms with Crippen molar-refractivity contribution in [2.45, 2.75) is 45.6 Å². The highest BCUT2D eigenvalue weighted by molar-refractivity contribution is 5.90. The zero-order valence-corrected chi connectivity index (χ0v) is 16.7. The fourth-order valence-electron chi connectivity index (χ4n) is 2.68. The summed E-state index contributed by atoms with van der Waals surface area (Å²) in [4.78, 5) is 23.6. The number of hydrogen-bond donors (Lipinski definition) is 2. The molecule has 2 rings (SSSR count). The summed E-state index contributed by atoms with van der Waals surface area (Å²) in [7, 11) is 0. The minimum Gasteiger partial charge on any atom is -0.494 e. The summed E-state index contributed by atoms with van der Waals surface area (Å²) in [5.74, 6) is 0.676. The van der Waals surface area contributed by atoms with Crippen LogP contribution >= 0.6 is 0 Å². The summed E-state index contributed by atoms with van der Waals surface area (Å²) >= 11 is 0. The maximum Gasteiger partial charge on any atom is 0.224 e. The smallest absolute Gasteiger partial charge is 0.224 e. The molecule has 0 saturated carbocycles. The maximum absolute atomic E-state index is 12.0. The fraction of sp³-hybridized carbons (Fsp3) is 0.348. The Morgan fingerprint density at radius 2 is 1.83 bits per heavy atom. The quantitative estimate of drug-likeness (QED) is 0.561. The summed E-state index contributed by atoms with van der Waals surface area (Å²) in [6, 6.07) is 16.6. The van der Waals surface area contributed by atoms with Gasteiger partial charge in [-0.1, -0.05) is 25.1 Å². The molecule has 0 heterocycles. The molecule has 0 aliphatic heterocycles. The Morgan fingerprint density at radius 1 is 1.03 bits per heavy atom. The van der Waals surface area contributed by atoms with E-state index in [1.165, 1.54) is 0 Å². The third-order valence-corrected chi connectivity index (χ3v) is 4.23. The van der Waals surface area contributed by atoms with Crippen molar-refractivity contribution in [1.29, 1.82) is 5.26 Å². The standard InChI is InChI=1S/C23H27N3O3/c1-2-6-23(28)26-20-12-10-18(11-13-20)17-25-22(27)9-3-4-14-29-21-8-5-7-19(15-21)16-24/h5,7-8,10-13,15H,2-4,6,9,14,17H2,1H3,(H,25,27)(H,26,28). The number of nitriles is 1. The number of hydrogen-bond acceptors (Lipinski definition) is 4. The van der Waals surface area contributed by atoms with Gasteiger partial charge in [0.15, 0.2) is 0 Å². The minimum atomic E-state index is -0.00296. The first-order chi connectivity index (χ1) is 14.1. The van der Waals surface area contributed by atoms with Gasteiger partial charge in [0.2, 0.25) is 11.8 Å². The molecule has 6 nitrogen and oxygen atoms in total. The number of carbonyl (C=O) groups is 2. The molecule has 0 aliphatic rings. The molecule has 2 aromatic rings. The highest BCUT2D eigenvalue weighted by Crippen LogP contribution is 2.13. The zero-order chi connectivity index (χ0) is 20.9. The van der Waals surface area contributed by atoms with Gasteiger partial charge in [-0.3, -0.25) is 9.59 Å². The first-order valence-corrected chi connectivity index (χ1v) is 9.89. The molecule has 29 heavy (non-hydrogen) atoms. The summed E-state index contributed by atoms with van der Waals surface area (Å²) in [6.45, 7) is 2.93. The lowest BCUT2D eigenvalue weighted by Crippen LogP contribution is -2.22. The molecule has 0 spiro atoms. The van der Waals surface area contributed by atoms with E-state index in [9.17, 15) is 9.59 Å². The number of ether oxygens (including phenoxy) is 1. The molecule has 6 heteroatoms. The Kier molecular flexibility index (Phi) is 9.23. The van der Waals surface area contributed by atoms with Gasteiger partial charge in [0.25, 0.3) is 0 Å². The Morgan fingerprint density at radius 3 is 2.55 bits per heavy atom. The average molecular weight is 393 g/mol. The molecule has 0 aliphatic carbocycles. The van der Waals surface area contributed by atoms with E-state index in [1.807, 2.05) is 37.3 Å². The van der Waals surface area contributed by atoms with Crippen LogP contribution in [0.4, 0.5) is 5.69 Å². The van der Waals surface area contributed by atoms with Gasteiger partial charge in [-0.15, -0.1) is 0 Å². The highest BCUT2D eigenvalue weighted by atomic mass is 16.5. The summed E-state index contributed by atoms with van der Waals surface area (Å²) in [5, 5.41) is 14.6. The van der Waals surface area contributed by atoms with Gasteiger partial charge in [-0.2, -0.15) is 5.26 Å². The lowest BCUT2D eigenvalue weighted by molar-refractivity contribution is -0.121. The van der Waals surface area contributed by atoms with Crippen molar-refractivity contribution in [3.05, 3.63) is 59.7 Å². The van der Waals surface area contributed by atoms with Gasteiger partial charge in [-0.25, -0.2) is 0 Å². The fourth-order valence-corrected chi connectivity index (χ4v) is 2.68. The Balaban J connectivity index is 1.60. The number of nitrogens with zero attached hydrogens (tertiary/aromatic N) is 1. The van der Waals surface area contributed by atoms with Crippen molar-refractivity contribution in [3.63, 3.8) is 0 Å². The second-order valence-corrected chi connectivity index (χ2v) is 6.72. The minimum absolute atomic E-state index is 0.00296. The predicted octanol–water partition coefficient (Wildman–Crippen LogP) is 4.16. The summed E-state index contributed by atoms with van der Waals surface area (Å²) < 4.78 is 5.60. The van der Waals surface area contributed by atoms with Crippen LogP contribution in [0.3, 0.4) is 0 Å². The SMILES string of the molecule is CCCC(=O)Nc1ccc(CNC(=O)CCCCOc2cccc(C#N)c2)cc1. The van der Waals surface area contributed by atoms with Gasteiger partial charge in [0.1, 0.15) is 5.75 Å². The number of rotatable bonds is 11. The lowest BCUT2D eigenvalue weighted by atomic mass is 10.2. The Hall–Kier alpha value is -3.33. The van der Waals surface area contributed by atoms with E-state index in [4.69, 9.17) is 10.00 Å². The number of amides is 2. The third-order valence-electron chi connectivity index (χ3n) is 4.23. The van der Waals surface area contributed by atoms with Crippen LogP contribution in [0.2, 0.25) is 0 Å². The molecular formula is C23H27N3O3. The molecule has 2 amide bonds. The van der Waals surface area contributed by atoms with E-state index in [0.29, 0.717) is 37.3 Å². The van der Waals surface area contributed by atoms with Crippen molar-refractivity contribution >= 4 is 17.5 Å². The van der Waals surface area contributed by atoms with E-state index in [2.05, 4.69) is 16.7 Å². The molecule has 152 valence electrons. The van der Waals surface area contributed by atoms with Crippen LogP contribution in [-0.2, 0) is 16.1 Å². The molecule has 0 aromatic heterocycles. The van der Waals surface area contributed by atoms with Gasteiger partial charge in [0.05, 0.1) is 18.2 Å². The van der Waals surface area contributed by atoms with Gasteiger partial charge in [-0.05, 0) is 55.2 Å². The van der Waals surface area contributed by atoms with E-state index >= 15 is 0 Å². The first-order valence-electron chi connectivity index (χ1n) is 9.89. The van der Waals surface area contributed by atoms with E-state index in [1.54, 1.807) is 18.2 Å². The predicted molar refractivity (Wildman–Crippen MR) is 112 cm³/mol. The van der Waals surface area contributed by atoms with Crippen LogP contribution in [0.5, 0.6) is 5.75 Å². The van der Waals surface area contributed by atoms with Crippen molar-refractivity contribution in [1.82, 2.24) is 5.32 Å². The lowest BCUT2D eigenvalue weighted by Gasteiger charge is -2.08. The van der Waals surface area contributed by atoms with E-state index in [0.717, 1.165) is 30.5 Å². The van der Waals surface area contributed by atoms with E-state index in [-0.39, 0.29) is 11.8 Å². The normalized spacial score (nSPS) is 10.1. The average Bonchev–Trinajstić information content (AvgIpc) is 2.73. The van der Waals surface area contributed by atoms with Crippen LogP contribution in [0.15, 0.2) is 48.5 Å². The topological polar surface area (TPSA) is 91.2 Å². The Bertz CT molecular complexity index is 841. The summed E-state index contributed by atoms with van der Waals surface area (Å²) in [5.41, 5.74) is 2.31. The van der Waals surface area contributed by atoms with Crippen LogP contribution in [-0.4, -0.2) is 18.4 Å². The molecule has 0 fully saturated rings. The van der Waals surface area contributed by atoms with Crippen molar-refractivity contribution in [2.75, 3.05) is 11.9 Å². The second-order valence-electron chi connectivity index (χ2n) is 6.72. The maximum atomic E-state index is 12.0. The third kappa shape index (κ3) is 8.48. The monoisotopic (exact) mass is 393 g/mol. The number of benzene rings is 2. The molecule has 0 atom stereocenters. The number of unbranched alkanes of at least 4 members (excludes halogenated alkanes) is 1. The highest BCUT2D eigenvalue weighted by Gasteiger charge is 2.04. The van der Waals surface area contributed by atoms with Crippen LogP contribution in [0.25, 0.3) is 0 Å². The molecule has 2 aromatic carbocycles. The molecule has 0 bridgehead atoms. The van der Waals surface area contributed by atoms with E-state index < -0.39 is 0 Å². The zero-order valence-electron chi connectivity index (χ0n) is 16.7. The largest absolute Gasteiger partial charge is 0.494 e. The van der Waals surface area contributed by atoms with Crippen molar-refractivity contribution in [2.24, 2.45) is 0 Å². The molecular weight excluding hydrogens is 366 g/mol. The second kappa shape index (κ2) is 12.2. The van der Waals surface area contributed by atoms with Crippen LogP contribution < -0.4 is 15.4 Å². The van der Waals surface area contributed by atoms with Gasteiger partial charge < -0.3 is 15.4 Å². The number of nitrogens with one attached hydrogen (secondary N) is 2. The van der Waals surface area contributed by atoms with Gasteiger partial charge in [0, 0.05) is 25.1 Å². The van der Waals surface area contributed by atoms with Gasteiger partial charge >= 0.3 is 0 Å². The first kappa shape index (κ1) is 22.0. The van der Waals surface area contributed by atoms with Crippen molar-refractivity contribution in [3.8, 4) is 11.8 Å². The number of carbonyl (C=O) groups excluding carboxylic acids is 2. The molecule has 0 radical (unpaired) electrons. The molecule has 0 unspecified atom stereocenters. The van der Waals surface area contributed by atoms with Crippen LogP contribution in [0.1, 0.15) is 50.2 Å². The van der Waals surface area contributed by atoms with Crippen LogP contribution in [0, 0.1) is 11.3 Å². The van der Waals surface area contributed by atoms with Crippen molar-refractivity contribution < 1.29 is 14.3 Å². The summed E-state index contributed by atoms with van der Waals surface area (Å²) in [6.07, 6.45) is 3.25. The molecule has 2 N–H and O–H groups in total. The Labute approximate surface area is 171 Å². The number of anilines is 1.